The van der Waals surface area contributed by atoms with Gasteiger partial charge in [-0.15, -0.1) is 0 Å². The third-order valence-corrected chi connectivity index (χ3v) is 5.58. The molecule has 1 aliphatic heterocycles. The maximum absolute atomic E-state index is 12.5. The van der Waals surface area contributed by atoms with E-state index in [0.717, 1.165) is 19.3 Å². The average Bonchev–Trinajstić information content (AvgIpc) is 3.06. The standard InChI is InChI=1S/C19H26ClN3O4/c1-2-22(12-18(24)25)14-9-13(10-14)21-19(26)23-8-7-15(11-23)27-17-6-4-3-5-16(17)20/h3-6,13-15H,2,7-12H2,1H3,(H,21,26)(H,24,25). The molecule has 1 aliphatic carbocycles. The number of ether oxygens (including phenoxy) is 1. The van der Waals surface area contributed by atoms with Gasteiger partial charge in [-0.05, 0) is 31.5 Å². The van der Waals surface area contributed by atoms with Crippen molar-refractivity contribution in [2.45, 2.75) is 44.4 Å². The molecule has 1 atom stereocenters. The highest BCUT2D eigenvalue weighted by molar-refractivity contribution is 6.32. The number of halogens is 1. The second kappa shape index (κ2) is 8.80. The van der Waals surface area contributed by atoms with E-state index in [2.05, 4.69) is 5.32 Å². The highest BCUT2D eigenvalue weighted by Crippen LogP contribution is 2.28. The van der Waals surface area contributed by atoms with E-state index in [1.165, 1.54) is 0 Å². The summed E-state index contributed by atoms with van der Waals surface area (Å²) in [5.41, 5.74) is 0. The molecule has 0 spiro atoms. The maximum Gasteiger partial charge on any atom is 0.317 e. The lowest BCUT2D eigenvalue weighted by Crippen LogP contribution is -2.56. The Bertz CT molecular complexity index is 681. The van der Waals surface area contributed by atoms with Gasteiger partial charge in [0.2, 0.25) is 0 Å². The van der Waals surface area contributed by atoms with Gasteiger partial charge < -0.3 is 20.1 Å². The Labute approximate surface area is 164 Å². The van der Waals surface area contributed by atoms with E-state index in [-0.39, 0.29) is 30.8 Å². The van der Waals surface area contributed by atoms with Crippen molar-refractivity contribution in [2.75, 3.05) is 26.2 Å². The van der Waals surface area contributed by atoms with Crippen molar-refractivity contribution in [2.24, 2.45) is 0 Å². The third-order valence-electron chi connectivity index (χ3n) is 5.26. The van der Waals surface area contributed by atoms with E-state index in [0.29, 0.717) is 30.4 Å². The topological polar surface area (TPSA) is 82.1 Å². The van der Waals surface area contributed by atoms with E-state index in [1.807, 2.05) is 30.0 Å². The summed E-state index contributed by atoms with van der Waals surface area (Å²) in [6, 6.07) is 7.59. The number of likely N-dealkylation sites (tertiary alicyclic amines) is 1. The number of carbonyl (C=O) groups is 2. The van der Waals surface area contributed by atoms with Crippen LogP contribution in [0.5, 0.6) is 5.75 Å². The number of carboxylic acid groups (broad SMARTS) is 1. The minimum absolute atomic E-state index is 0.0506. The molecule has 2 amide bonds. The molecule has 0 radical (unpaired) electrons. The van der Waals surface area contributed by atoms with Crippen molar-refractivity contribution in [1.29, 1.82) is 0 Å². The van der Waals surface area contributed by atoms with Gasteiger partial charge in [0, 0.05) is 25.0 Å². The van der Waals surface area contributed by atoms with E-state index in [4.69, 9.17) is 21.4 Å². The van der Waals surface area contributed by atoms with Crippen LogP contribution in [0.2, 0.25) is 5.02 Å². The van der Waals surface area contributed by atoms with Gasteiger partial charge in [0.25, 0.3) is 0 Å². The second-order valence-electron chi connectivity index (χ2n) is 7.13. The van der Waals surface area contributed by atoms with Gasteiger partial charge in [-0.3, -0.25) is 9.69 Å². The summed E-state index contributed by atoms with van der Waals surface area (Å²) in [5, 5.41) is 12.6. The number of benzene rings is 1. The molecule has 0 bridgehead atoms. The quantitative estimate of drug-likeness (QED) is 0.741. The summed E-state index contributed by atoms with van der Waals surface area (Å²) < 4.78 is 5.92. The molecule has 1 saturated heterocycles. The number of nitrogens with one attached hydrogen (secondary N) is 1. The number of hydrogen-bond acceptors (Lipinski definition) is 4. The average molecular weight is 396 g/mol. The lowest BCUT2D eigenvalue weighted by molar-refractivity contribution is -0.139. The van der Waals surface area contributed by atoms with Gasteiger partial charge in [0.1, 0.15) is 11.9 Å². The summed E-state index contributed by atoms with van der Waals surface area (Å²) in [5.74, 6) is -0.169. The van der Waals surface area contributed by atoms with E-state index in [1.54, 1.807) is 11.0 Å². The predicted octanol–water partition coefficient (Wildman–Crippen LogP) is 2.44. The molecule has 3 rings (SSSR count). The molecule has 8 heteroatoms. The normalized spacial score (nSPS) is 24.6. The molecule has 2 fully saturated rings. The number of urea groups is 1. The number of nitrogens with zero attached hydrogens (tertiary/aromatic N) is 2. The predicted molar refractivity (Wildman–Crippen MR) is 102 cm³/mol. The first-order chi connectivity index (χ1) is 13.0. The first kappa shape index (κ1) is 19.8. The molecule has 1 saturated carbocycles. The van der Waals surface area contributed by atoms with Crippen molar-refractivity contribution in [3.63, 3.8) is 0 Å². The summed E-state index contributed by atoms with van der Waals surface area (Å²) >= 11 is 6.12. The maximum atomic E-state index is 12.5. The molecule has 7 nitrogen and oxygen atoms in total. The zero-order valence-corrected chi connectivity index (χ0v) is 16.2. The molecule has 1 aromatic carbocycles. The van der Waals surface area contributed by atoms with Gasteiger partial charge >= 0.3 is 12.0 Å². The Balaban J connectivity index is 1.41. The van der Waals surface area contributed by atoms with Crippen LogP contribution in [0.4, 0.5) is 4.79 Å². The molecule has 27 heavy (non-hydrogen) atoms. The van der Waals surface area contributed by atoms with Crippen molar-refractivity contribution in [3.05, 3.63) is 29.3 Å². The summed E-state index contributed by atoms with van der Waals surface area (Å²) in [4.78, 5) is 27.1. The molecule has 2 N–H and O–H groups in total. The number of hydrogen-bond donors (Lipinski definition) is 2. The Kier molecular flexibility index (Phi) is 6.44. The van der Waals surface area contributed by atoms with Crippen LogP contribution >= 0.6 is 11.6 Å². The van der Waals surface area contributed by atoms with Crippen molar-refractivity contribution in [1.82, 2.24) is 15.1 Å². The Hall–Kier alpha value is -1.99. The fourth-order valence-corrected chi connectivity index (χ4v) is 3.85. The summed E-state index contributed by atoms with van der Waals surface area (Å²) in [7, 11) is 0. The number of rotatable bonds is 7. The largest absolute Gasteiger partial charge is 0.487 e. The number of para-hydroxylation sites is 1. The first-order valence-electron chi connectivity index (χ1n) is 9.38. The van der Waals surface area contributed by atoms with Crippen molar-refractivity contribution < 1.29 is 19.4 Å². The monoisotopic (exact) mass is 395 g/mol. The Morgan fingerprint density at radius 2 is 2.11 bits per heavy atom. The molecule has 1 aromatic rings. The summed E-state index contributed by atoms with van der Waals surface area (Å²) in [6.07, 6.45) is 2.30. The first-order valence-corrected chi connectivity index (χ1v) is 9.76. The molecule has 1 unspecified atom stereocenters. The number of amides is 2. The third kappa shape index (κ3) is 5.05. The van der Waals surface area contributed by atoms with Crippen molar-refractivity contribution in [3.8, 4) is 5.75 Å². The van der Waals surface area contributed by atoms with Crippen LogP contribution in [0.25, 0.3) is 0 Å². The van der Waals surface area contributed by atoms with E-state index in [9.17, 15) is 9.59 Å². The Morgan fingerprint density at radius 3 is 2.78 bits per heavy atom. The molecular formula is C19H26ClN3O4. The molecule has 148 valence electrons. The highest BCUT2D eigenvalue weighted by atomic mass is 35.5. The highest BCUT2D eigenvalue weighted by Gasteiger charge is 2.36. The molecule has 2 aliphatic rings. The minimum Gasteiger partial charge on any atom is -0.487 e. The van der Waals surface area contributed by atoms with Crippen LogP contribution in [0.15, 0.2) is 24.3 Å². The van der Waals surface area contributed by atoms with Gasteiger partial charge in [-0.2, -0.15) is 0 Å². The van der Waals surface area contributed by atoms with Crippen LogP contribution in [0.1, 0.15) is 26.2 Å². The van der Waals surface area contributed by atoms with Gasteiger partial charge in [-0.1, -0.05) is 30.7 Å². The van der Waals surface area contributed by atoms with Crippen LogP contribution in [0.3, 0.4) is 0 Å². The molecule has 0 aromatic heterocycles. The van der Waals surface area contributed by atoms with Crippen LogP contribution in [-0.2, 0) is 4.79 Å². The number of aliphatic carboxylic acids is 1. The lowest BCUT2D eigenvalue weighted by Gasteiger charge is -2.42. The molecule has 1 heterocycles. The van der Waals surface area contributed by atoms with Crippen molar-refractivity contribution >= 4 is 23.6 Å². The van der Waals surface area contributed by atoms with Gasteiger partial charge in [-0.25, -0.2) is 4.79 Å². The fourth-order valence-electron chi connectivity index (χ4n) is 3.67. The fraction of sp³-hybridized carbons (Fsp3) is 0.579. The van der Waals surface area contributed by atoms with Crippen LogP contribution < -0.4 is 10.1 Å². The number of carboxylic acids is 1. The number of carbonyl (C=O) groups excluding carboxylic acids is 1. The molecular weight excluding hydrogens is 370 g/mol. The SMILES string of the molecule is CCN(CC(=O)O)C1CC(NC(=O)N2CCC(Oc3ccccc3Cl)C2)C1. The van der Waals surface area contributed by atoms with Crippen LogP contribution in [0, 0.1) is 0 Å². The van der Waals surface area contributed by atoms with Gasteiger partial charge in [0.05, 0.1) is 18.1 Å². The minimum atomic E-state index is -0.814. The lowest BCUT2D eigenvalue weighted by atomic mass is 9.85. The zero-order chi connectivity index (χ0) is 19.4. The Morgan fingerprint density at radius 1 is 1.37 bits per heavy atom. The second-order valence-corrected chi connectivity index (χ2v) is 7.54. The zero-order valence-electron chi connectivity index (χ0n) is 15.4. The van der Waals surface area contributed by atoms with E-state index >= 15 is 0 Å². The van der Waals surface area contributed by atoms with E-state index < -0.39 is 5.97 Å². The van der Waals surface area contributed by atoms with Gasteiger partial charge in [0.15, 0.2) is 0 Å². The number of likely N-dealkylation sites (N-methyl/N-ethyl adjacent to an activating group) is 1. The van der Waals surface area contributed by atoms with Crippen LogP contribution in [-0.4, -0.2) is 71.3 Å². The smallest absolute Gasteiger partial charge is 0.317 e. The summed E-state index contributed by atoms with van der Waals surface area (Å²) in [6.45, 7) is 3.89.